The first kappa shape index (κ1) is 14.6. The quantitative estimate of drug-likeness (QED) is 0.869. The number of nitrogens with one attached hydrogen (secondary N) is 1. The first-order valence-electron chi connectivity index (χ1n) is 6.37. The molecule has 0 fully saturated rings. The van der Waals surface area contributed by atoms with Crippen molar-refractivity contribution in [3.63, 3.8) is 0 Å². The van der Waals surface area contributed by atoms with Crippen LogP contribution >= 0.6 is 0 Å². The number of methoxy groups -OCH3 is 1. The number of benzene rings is 1. The molecule has 1 N–H and O–H groups in total. The molecular formula is C14H20FNO2S. The lowest BCUT2D eigenvalue weighted by molar-refractivity contribution is 0.407. The zero-order valence-electron chi connectivity index (χ0n) is 11.7. The van der Waals surface area contributed by atoms with Gasteiger partial charge in [0, 0.05) is 17.4 Å². The molecule has 106 valence electrons. The van der Waals surface area contributed by atoms with Crippen LogP contribution in [0.5, 0.6) is 5.75 Å². The second-order valence-corrected chi connectivity index (χ2v) is 7.76. The molecule has 0 spiro atoms. The fourth-order valence-electron chi connectivity index (χ4n) is 2.27. The van der Waals surface area contributed by atoms with E-state index in [9.17, 15) is 8.94 Å². The van der Waals surface area contributed by atoms with Gasteiger partial charge in [0.1, 0.15) is 16.3 Å². The molecule has 2 rings (SSSR count). The van der Waals surface area contributed by atoms with Gasteiger partial charge in [-0.3, -0.25) is 0 Å². The highest BCUT2D eigenvalue weighted by molar-refractivity contribution is 7.90. The standard InChI is InChI=1S/C14H20FNO2S/c1-14(2,3)19(17)16-12-6-5-10-11(12)7-9(15)8-13(10)18-4/h7-8,12,16H,5-6H2,1-4H3/t12-,19-/m1/s1. The lowest BCUT2D eigenvalue weighted by atomic mass is 10.1. The van der Waals surface area contributed by atoms with Crippen LogP contribution in [0.1, 0.15) is 44.4 Å². The molecule has 1 aliphatic carbocycles. The van der Waals surface area contributed by atoms with Crippen molar-refractivity contribution in [2.45, 2.75) is 44.4 Å². The summed E-state index contributed by atoms with van der Waals surface area (Å²) < 4.78 is 33.7. The summed E-state index contributed by atoms with van der Waals surface area (Å²) in [5, 5.41) is 0. The molecule has 5 heteroatoms. The third-order valence-corrected chi connectivity index (χ3v) is 4.90. The monoisotopic (exact) mass is 285 g/mol. The topological polar surface area (TPSA) is 44.3 Å². The van der Waals surface area contributed by atoms with E-state index < -0.39 is 11.4 Å². The normalized spacial score (nSPS) is 20.2. The smallest absolute Gasteiger partial charge is 0.136 e. The number of rotatable bonds is 3. The van der Waals surface area contributed by atoms with E-state index in [1.54, 1.807) is 7.11 Å². The van der Waals surface area contributed by atoms with E-state index in [-0.39, 0.29) is 16.6 Å². The first-order valence-corrected chi connectivity index (χ1v) is 7.52. The predicted molar refractivity (Wildman–Crippen MR) is 75.0 cm³/mol. The van der Waals surface area contributed by atoms with E-state index in [0.717, 1.165) is 24.0 Å². The lowest BCUT2D eigenvalue weighted by Crippen LogP contribution is -2.40. The highest BCUT2D eigenvalue weighted by Gasteiger charge is 2.34. The van der Waals surface area contributed by atoms with Gasteiger partial charge in [-0.2, -0.15) is 0 Å². The Hall–Kier alpha value is -0.780. The van der Waals surface area contributed by atoms with Gasteiger partial charge in [0.25, 0.3) is 0 Å². The fourth-order valence-corrected chi connectivity index (χ4v) is 3.12. The van der Waals surface area contributed by atoms with Gasteiger partial charge in [0.2, 0.25) is 0 Å². The van der Waals surface area contributed by atoms with Crippen molar-refractivity contribution >= 4 is 11.4 Å². The van der Waals surface area contributed by atoms with Crippen molar-refractivity contribution in [3.05, 3.63) is 29.1 Å². The maximum atomic E-state index is 13.6. The first-order chi connectivity index (χ1) is 8.82. The fraction of sp³-hybridized carbons (Fsp3) is 0.571. The molecule has 0 heterocycles. The number of hydrogen-bond acceptors (Lipinski definition) is 3. The Kier molecular flexibility index (Phi) is 4.08. The van der Waals surface area contributed by atoms with E-state index in [1.165, 1.54) is 12.1 Å². The molecule has 0 aromatic heterocycles. The van der Waals surface area contributed by atoms with Crippen molar-refractivity contribution in [2.75, 3.05) is 7.11 Å². The molecule has 0 saturated carbocycles. The molecule has 0 radical (unpaired) electrons. The molecule has 1 aromatic rings. The van der Waals surface area contributed by atoms with Crippen LogP contribution in [0.25, 0.3) is 0 Å². The highest BCUT2D eigenvalue weighted by Crippen LogP contribution is 2.38. The third-order valence-electron chi connectivity index (χ3n) is 3.29. The molecule has 0 saturated heterocycles. The summed E-state index contributed by atoms with van der Waals surface area (Å²) in [4.78, 5) is 0. The lowest BCUT2D eigenvalue weighted by Gasteiger charge is -2.26. The molecule has 0 bridgehead atoms. The Morgan fingerprint density at radius 2 is 2.11 bits per heavy atom. The largest absolute Gasteiger partial charge is 0.598 e. The maximum Gasteiger partial charge on any atom is 0.136 e. The average Bonchev–Trinajstić information content (AvgIpc) is 2.70. The average molecular weight is 285 g/mol. The van der Waals surface area contributed by atoms with Gasteiger partial charge < -0.3 is 9.29 Å². The van der Waals surface area contributed by atoms with Crippen LogP contribution in [0.3, 0.4) is 0 Å². The minimum atomic E-state index is -1.16. The molecule has 19 heavy (non-hydrogen) atoms. The number of halogens is 1. The van der Waals surface area contributed by atoms with Gasteiger partial charge in [0.05, 0.1) is 13.2 Å². The van der Waals surface area contributed by atoms with Gasteiger partial charge in [-0.25, -0.2) is 4.39 Å². The van der Waals surface area contributed by atoms with Gasteiger partial charge in [0.15, 0.2) is 0 Å². The van der Waals surface area contributed by atoms with E-state index in [1.807, 2.05) is 20.8 Å². The minimum Gasteiger partial charge on any atom is -0.598 e. The summed E-state index contributed by atoms with van der Waals surface area (Å²) in [6.07, 6.45) is 1.63. The zero-order valence-corrected chi connectivity index (χ0v) is 12.6. The van der Waals surface area contributed by atoms with E-state index >= 15 is 0 Å². The summed E-state index contributed by atoms with van der Waals surface area (Å²) in [6.45, 7) is 5.74. The molecule has 0 amide bonds. The van der Waals surface area contributed by atoms with Crippen molar-refractivity contribution in [1.82, 2.24) is 4.72 Å². The minimum absolute atomic E-state index is 0.0698. The van der Waals surface area contributed by atoms with Crippen molar-refractivity contribution in [3.8, 4) is 5.75 Å². The maximum absolute atomic E-state index is 13.6. The molecule has 3 nitrogen and oxygen atoms in total. The Balaban J connectivity index is 2.25. The predicted octanol–water partition coefficient (Wildman–Crippen LogP) is 2.87. The highest BCUT2D eigenvalue weighted by atomic mass is 32.2. The van der Waals surface area contributed by atoms with Gasteiger partial charge in [-0.1, -0.05) is 0 Å². The Labute approximate surface area is 116 Å². The Morgan fingerprint density at radius 3 is 2.68 bits per heavy atom. The van der Waals surface area contributed by atoms with Crippen LogP contribution in [-0.4, -0.2) is 16.4 Å². The van der Waals surface area contributed by atoms with Gasteiger partial charge in [-0.15, -0.1) is 4.72 Å². The number of ether oxygens (including phenoxy) is 1. The second-order valence-electron chi connectivity index (χ2n) is 5.77. The number of fused-ring (bicyclic) bond motifs is 1. The molecule has 2 atom stereocenters. The summed E-state index contributed by atoms with van der Waals surface area (Å²) in [7, 11) is 1.54. The van der Waals surface area contributed by atoms with Crippen LogP contribution in [-0.2, 0) is 17.8 Å². The summed E-state index contributed by atoms with van der Waals surface area (Å²) in [5.41, 5.74) is 1.89. The third kappa shape index (κ3) is 3.04. The van der Waals surface area contributed by atoms with Crippen molar-refractivity contribution in [2.24, 2.45) is 0 Å². The summed E-state index contributed by atoms with van der Waals surface area (Å²) in [5.74, 6) is 0.270. The van der Waals surface area contributed by atoms with Crippen molar-refractivity contribution < 1.29 is 13.7 Å². The molecular weight excluding hydrogens is 265 g/mol. The summed E-state index contributed by atoms with van der Waals surface area (Å²) in [6, 6.07) is 2.85. The Bertz CT molecular complexity index is 473. The molecule has 1 aromatic carbocycles. The molecule has 0 unspecified atom stereocenters. The summed E-state index contributed by atoms with van der Waals surface area (Å²) >= 11 is -1.16. The van der Waals surface area contributed by atoms with E-state index in [0.29, 0.717) is 5.75 Å². The van der Waals surface area contributed by atoms with Crippen LogP contribution in [0, 0.1) is 5.82 Å². The van der Waals surface area contributed by atoms with E-state index in [2.05, 4.69) is 4.72 Å². The molecule has 1 aliphatic rings. The van der Waals surface area contributed by atoms with Crippen LogP contribution in [0.4, 0.5) is 4.39 Å². The SMILES string of the molecule is COc1cc(F)cc2c1CC[C@H]2N[S@+]([O-])C(C)(C)C. The van der Waals surface area contributed by atoms with Gasteiger partial charge >= 0.3 is 0 Å². The zero-order chi connectivity index (χ0) is 14.2. The number of hydrogen-bond donors (Lipinski definition) is 1. The second kappa shape index (κ2) is 5.31. The van der Waals surface area contributed by atoms with Crippen molar-refractivity contribution in [1.29, 1.82) is 0 Å². The van der Waals surface area contributed by atoms with Crippen LogP contribution in [0.2, 0.25) is 0 Å². The molecule has 0 aliphatic heterocycles. The van der Waals surface area contributed by atoms with Gasteiger partial charge in [-0.05, 0) is 50.8 Å². The van der Waals surface area contributed by atoms with Crippen LogP contribution in [0.15, 0.2) is 12.1 Å². The van der Waals surface area contributed by atoms with Crippen LogP contribution < -0.4 is 9.46 Å². The Morgan fingerprint density at radius 1 is 1.42 bits per heavy atom. The van der Waals surface area contributed by atoms with E-state index in [4.69, 9.17) is 4.74 Å².